The summed E-state index contributed by atoms with van der Waals surface area (Å²) < 4.78 is 28.4. The molecule has 152 valence electrons. The highest BCUT2D eigenvalue weighted by Gasteiger charge is 2.22. The average Bonchev–Trinajstić information content (AvgIpc) is 3.13. The van der Waals surface area contributed by atoms with Crippen molar-refractivity contribution in [1.82, 2.24) is 20.4 Å². The smallest absolute Gasteiger partial charge is 0.191 e. The van der Waals surface area contributed by atoms with E-state index in [0.717, 1.165) is 37.2 Å². The summed E-state index contributed by atoms with van der Waals surface area (Å²) in [6.45, 7) is 4.44. The summed E-state index contributed by atoms with van der Waals surface area (Å²) in [5.74, 6) is -0.902. The lowest BCUT2D eigenvalue weighted by Crippen LogP contribution is -2.51. The molecule has 2 atom stereocenters. The minimum absolute atomic E-state index is 0.0203. The molecule has 1 aromatic heterocycles. The van der Waals surface area contributed by atoms with Crippen LogP contribution in [-0.2, 0) is 7.05 Å². The van der Waals surface area contributed by atoms with Gasteiger partial charge in [0.15, 0.2) is 17.6 Å². The van der Waals surface area contributed by atoms with Crippen molar-refractivity contribution in [1.29, 1.82) is 0 Å². The Kier molecular flexibility index (Phi) is 6.49. The van der Waals surface area contributed by atoms with E-state index in [1.54, 1.807) is 13.1 Å². The SMILES string of the molecule is CN=C(NCC(C)c1ccc(F)c(F)c1)NC1CCCN(c2cnn(C)c2)C1. The van der Waals surface area contributed by atoms with E-state index in [-0.39, 0.29) is 12.0 Å². The molecule has 1 fully saturated rings. The molecule has 2 aromatic rings. The van der Waals surface area contributed by atoms with Gasteiger partial charge in [0.25, 0.3) is 0 Å². The number of aliphatic imine (C=N–C) groups is 1. The third-order valence-electron chi connectivity index (χ3n) is 5.13. The fourth-order valence-electron chi connectivity index (χ4n) is 3.48. The van der Waals surface area contributed by atoms with Crippen LogP contribution < -0.4 is 15.5 Å². The number of aromatic nitrogens is 2. The molecule has 1 aliphatic heterocycles. The Labute approximate surface area is 164 Å². The van der Waals surface area contributed by atoms with Crippen LogP contribution in [-0.4, -0.2) is 48.5 Å². The van der Waals surface area contributed by atoms with E-state index in [2.05, 4.69) is 25.6 Å². The Morgan fingerprint density at radius 3 is 2.86 bits per heavy atom. The summed E-state index contributed by atoms with van der Waals surface area (Å²) in [4.78, 5) is 6.63. The van der Waals surface area contributed by atoms with Crippen molar-refractivity contribution in [2.45, 2.75) is 31.7 Å². The number of hydrogen-bond donors (Lipinski definition) is 2. The zero-order chi connectivity index (χ0) is 20.1. The minimum Gasteiger partial charge on any atom is -0.367 e. The maximum atomic E-state index is 13.4. The summed E-state index contributed by atoms with van der Waals surface area (Å²) in [6, 6.07) is 4.32. The van der Waals surface area contributed by atoms with Crippen LogP contribution in [0.4, 0.5) is 14.5 Å². The summed E-state index contributed by atoms with van der Waals surface area (Å²) >= 11 is 0. The number of halogens is 2. The van der Waals surface area contributed by atoms with Crippen LogP contribution in [0.15, 0.2) is 35.6 Å². The van der Waals surface area contributed by atoms with Crippen molar-refractivity contribution in [3.63, 3.8) is 0 Å². The number of benzene rings is 1. The van der Waals surface area contributed by atoms with Crippen molar-refractivity contribution in [3.05, 3.63) is 47.8 Å². The van der Waals surface area contributed by atoms with Gasteiger partial charge in [0.2, 0.25) is 0 Å². The zero-order valence-electron chi connectivity index (χ0n) is 16.6. The summed E-state index contributed by atoms with van der Waals surface area (Å²) in [5.41, 5.74) is 1.88. The predicted octanol–water partition coefficient (Wildman–Crippen LogP) is 2.64. The Bertz CT molecular complexity index is 819. The highest BCUT2D eigenvalue weighted by molar-refractivity contribution is 5.80. The van der Waals surface area contributed by atoms with Crippen molar-refractivity contribution in [3.8, 4) is 0 Å². The van der Waals surface area contributed by atoms with Crippen LogP contribution >= 0.6 is 0 Å². The highest BCUT2D eigenvalue weighted by Crippen LogP contribution is 2.19. The molecular formula is C20H28F2N6. The quantitative estimate of drug-likeness (QED) is 0.609. The Balaban J connectivity index is 1.53. The number of rotatable bonds is 5. The fraction of sp³-hybridized carbons (Fsp3) is 0.500. The normalized spacial score (nSPS) is 18.8. The number of anilines is 1. The third-order valence-corrected chi connectivity index (χ3v) is 5.13. The fourth-order valence-corrected chi connectivity index (χ4v) is 3.48. The first-order valence-electron chi connectivity index (χ1n) is 9.62. The molecule has 6 nitrogen and oxygen atoms in total. The molecule has 8 heteroatoms. The Morgan fingerprint density at radius 2 is 2.18 bits per heavy atom. The van der Waals surface area contributed by atoms with Gasteiger partial charge >= 0.3 is 0 Å². The second kappa shape index (κ2) is 9.03. The van der Waals surface area contributed by atoms with Crippen LogP contribution in [0, 0.1) is 11.6 Å². The molecule has 0 bridgehead atoms. The molecule has 2 unspecified atom stereocenters. The molecule has 0 radical (unpaired) electrons. The molecule has 2 N–H and O–H groups in total. The molecule has 28 heavy (non-hydrogen) atoms. The van der Waals surface area contributed by atoms with E-state index < -0.39 is 11.6 Å². The largest absolute Gasteiger partial charge is 0.367 e. The molecule has 1 saturated heterocycles. The van der Waals surface area contributed by atoms with Gasteiger partial charge in [-0.2, -0.15) is 5.10 Å². The molecule has 0 saturated carbocycles. The van der Waals surface area contributed by atoms with Gasteiger partial charge in [-0.1, -0.05) is 13.0 Å². The maximum absolute atomic E-state index is 13.4. The highest BCUT2D eigenvalue weighted by atomic mass is 19.2. The van der Waals surface area contributed by atoms with Gasteiger partial charge in [-0.15, -0.1) is 0 Å². The molecule has 0 aliphatic carbocycles. The standard InChI is InChI=1S/C20H28F2N6/c1-14(15-6-7-18(21)19(22)9-15)10-24-20(23-2)26-16-5-4-8-28(12-16)17-11-25-27(3)13-17/h6-7,9,11,13-14,16H,4-5,8,10,12H2,1-3H3,(H2,23,24,26). The maximum Gasteiger partial charge on any atom is 0.191 e. The molecule has 3 rings (SSSR count). The van der Waals surface area contributed by atoms with Crippen LogP contribution in [0.5, 0.6) is 0 Å². The van der Waals surface area contributed by atoms with Crippen molar-refractivity contribution >= 4 is 11.6 Å². The van der Waals surface area contributed by atoms with Crippen LogP contribution in [0.1, 0.15) is 31.2 Å². The van der Waals surface area contributed by atoms with Gasteiger partial charge in [0.05, 0.1) is 11.9 Å². The number of guanidine groups is 1. The predicted molar refractivity (Wildman–Crippen MR) is 108 cm³/mol. The van der Waals surface area contributed by atoms with Crippen LogP contribution in [0.3, 0.4) is 0 Å². The van der Waals surface area contributed by atoms with E-state index in [1.165, 1.54) is 12.1 Å². The molecular weight excluding hydrogens is 362 g/mol. The summed E-state index contributed by atoms with van der Waals surface area (Å²) in [5, 5.41) is 11.0. The number of piperidine rings is 1. The monoisotopic (exact) mass is 390 g/mol. The lowest BCUT2D eigenvalue weighted by molar-refractivity contribution is 0.467. The van der Waals surface area contributed by atoms with Crippen molar-refractivity contribution in [2.75, 3.05) is 31.6 Å². The second-order valence-corrected chi connectivity index (χ2v) is 7.33. The van der Waals surface area contributed by atoms with E-state index >= 15 is 0 Å². The molecule has 0 amide bonds. The summed E-state index contributed by atoms with van der Waals surface area (Å²) in [6.07, 6.45) is 6.07. The Morgan fingerprint density at radius 1 is 1.36 bits per heavy atom. The van der Waals surface area contributed by atoms with E-state index in [9.17, 15) is 8.78 Å². The first kappa shape index (κ1) is 20.1. The van der Waals surface area contributed by atoms with E-state index in [1.807, 2.05) is 31.0 Å². The molecule has 2 heterocycles. The van der Waals surface area contributed by atoms with Crippen molar-refractivity contribution < 1.29 is 8.78 Å². The van der Waals surface area contributed by atoms with Gasteiger partial charge in [-0.05, 0) is 36.5 Å². The van der Waals surface area contributed by atoms with Crippen LogP contribution in [0.2, 0.25) is 0 Å². The average molecular weight is 390 g/mol. The third kappa shape index (κ3) is 4.99. The van der Waals surface area contributed by atoms with E-state index in [0.29, 0.717) is 12.5 Å². The van der Waals surface area contributed by atoms with Gasteiger partial charge in [0.1, 0.15) is 0 Å². The zero-order valence-corrected chi connectivity index (χ0v) is 16.6. The summed E-state index contributed by atoms with van der Waals surface area (Å²) in [7, 11) is 3.66. The first-order chi connectivity index (χ1) is 13.5. The number of hydrogen-bond acceptors (Lipinski definition) is 3. The van der Waals surface area contributed by atoms with Gasteiger partial charge in [-0.25, -0.2) is 8.78 Å². The molecule has 0 spiro atoms. The number of nitrogens with zero attached hydrogens (tertiary/aromatic N) is 4. The topological polar surface area (TPSA) is 57.5 Å². The van der Waals surface area contributed by atoms with Crippen molar-refractivity contribution in [2.24, 2.45) is 12.0 Å². The van der Waals surface area contributed by atoms with Crippen LogP contribution in [0.25, 0.3) is 0 Å². The number of aryl methyl sites for hydroxylation is 1. The van der Waals surface area contributed by atoms with Gasteiger partial charge in [0, 0.05) is 46.0 Å². The first-order valence-corrected chi connectivity index (χ1v) is 9.62. The second-order valence-electron chi connectivity index (χ2n) is 7.33. The van der Waals surface area contributed by atoms with Gasteiger partial charge < -0.3 is 15.5 Å². The van der Waals surface area contributed by atoms with E-state index in [4.69, 9.17) is 0 Å². The lowest BCUT2D eigenvalue weighted by atomic mass is 10.0. The minimum atomic E-state index is -0.822. The van der Waals surface area contributed by atoms with Gasteiger partial charge in [-0.3, -0.25) is 9.67 Å². The molecule has 1 aromatic carbocycles. The Hall–Kier alpha value is -2.64. The molecule has 1 aliphatic rings. The lowest BCUT2D eigenvalue weighted by Gasteiger charge is -2.34. The number of nitrogens with one attached hydrogen (secondary N) is 2.